The number of aryl methyl sites for hydroxylation is 1. The van der Waals surface area contributed by atoms with Crippen molar-refractivity contribution in [3.63, 3.8) is 0 Å². The maximum Gasteiger partial charge on any atom is 0.328 e. The summed E-state index contributed by atoms with van der Waals surface area (Å²) >= 11 is 0. The van der Waals surface area contributed by atoms with Crippen molar-refractivity contribution in [2.75, 3.05) is 0 Å². The van der Waals surface area contributed by atoms with Crippen LogP contribution in [0, 0.1) is 6.92 Å². The number of allylic oxidation sites excluding steroid dienone is 1. The molecule has 0 aliphatic heterocycles. The summed E-state index contributed by atoms with van der Waals surface area (Å²) in [6.07, 6.45) is 3.65. The zero-order valence-corrected chi connectivity index (χ0v) is 17.7. The summed E-state index contributed by atoms with van der Waals surface area (Å²) in [5.41, 5.74) is 9.01. The van der Waals surface area contributed by atoms with Gasteiger partial charge in [0.2, 0.25) is 0 Å². The molecule has 0 aliphatic rings. The van der Waals surface area contributed by atoms with Crippen LogP contribution in [0.15, 0.2) is 84.9 Å². The van der Waals surface area contributed by atoms with Crippen LogP contribution < -0.4 is 0 Å². The summed E-state index contributed by atoms with van der Waals surface area (Å²) in [4.78, 5) is 14.4. The Balaban J connectivity index is 1.91. The Morgan fingerprint density at radius 3 is 2.39 bits per heavy atom. The number of rotatable bonds is 6. The van der Waals surface area contributed by atoms with Crippen molar-refractivity contribution >= 4 is 34.1 Å². The Morgan fingerprint density at radius 2 is 1.71 bits per heavy atom. The van der Waals surface area contributed by atoms with Crippen LogP contribution >= 0.6 is 0 Å². The average Bonchev–Trinajstić information content (AvgIpc) is 3.20. The van der Waals surface area contributed by atoms with E-state index in [1.807, 2.05) is 24.3 Å². The Hall–Kier alpha value is -3.85. The van der Waals surface area contributed by atoms with Gasteiger partial charge in [-0.1, -0.05) is 79.2 Å². The Morgan fingerprint density at radius 1 is 0.935 bits per heavy atom. The molecular weight excluding hydrogens is 382 g/mol. The molecule has 0 amide bonds. The molecule has 0 saturated carbocycles. The lowest BCUT2D eigenvalue weighted by molar-refractivity contribution is -0.131. The molecule has 3 aromatic carbocycles. The van der Waals surface area contributed by atoms with Gasteiger partial charge in [-0.05, 0) is 53.8 Å². The molecule has 0 atom stereocenters. The van der Waals surface area contributed by atoms with E-state index in [0.717, 1.165) is 40.4 Å². The molecule has 0 unspecified atom stereocenters. The highest BCUT2D eigenvalue weighted by atomic mass is 16.4. The lowest BCUT2D eigenvalue weighted by Gasteiger charge is -2.15. The number of H-pyrrole nitrogens is 1. The quantitative estimate of drug-likeness (QED) is 0.269. The van der Waals surface area contributed by atoms with E-state index in [1.54, 1.807) is 6.08 Å². The van der Waals surface area contributed by atoms with Gasteiger partial charge in [0, 0.05) is 28.2 Å². The van der Waals surface area contributed by atoms with Crippen molar-refractivity contribution in [3.8, 4) is 0 Å². The van der Waals surface area contributed by atoms with Crippen molar-refractivity contribution in [2.45, 2.75) is 20.3 Å². The fourth-order valence-corrected chi connectivity index (χ4v) is 3.99. The van der Waals surface area contributed by atoms with Crippen molar-refractivity contribution in [1.82, 2.24) is 4.98 Å². The van der Waals surface area contributed by atoms with E-state index >= 15 is 0 Å². The highest BCUT2D eigenvalue weighted by Gasteiger charge is 2.15. The lowest BCUT2D eigenvalue weighted by Crippen LogP contribution is -1.96. The van der Waals surface area contributed by atoms with Crippen LogP contribution in [0.3, 0.4) is 0 Å². The zero-order chi connectivity index (χ0) is 21.8. The van der Waals surface area contributed by atoms with E-state index in [-0.39, 0.29) is 0 Å². The molecule has 1 heterocycles. The molecule has 0 radical (unpaired) electrons. The number of hydrogen-bond acceptors (Lipinski definition) is 1. The van der Waals surface area contributed by atoms with Gasteiger partial charge >= 0.3 is 5.97 Å². The van der Waals surface area contributed by atoms with E-state index < -0.39 is 5.97 Å². The molecule has 3 nitrogen and oxygen atoms in total. The number of benzene rings is 3. The van der Waals surface area contributed by atoms with Crippen molar-refractivity contribution < 1.29 is 9.90 Å². The molecule has 0 fully saturated rings. The van der Waals surface area contributed by atoms with E-state index in [9.17, 15) is 4.79 Å². The van der Waals surface area contributed by atoms with Gasteiger partial charge in [-0.15, -0.1) is 0 Å². The summed E-state index contributed by atoms with van der Waals surface area (Å²) in [5, 5.41) is 10.1. The number of carboxylic acids is 1. The second-order valence-electron chi connectivity index (χ2n) is 7.64. The van der Waals surface area contributed by atoms with Crippen LogP contribution in [-0.4, -0.2) is 16.1 Å². The van der Waals surface area contributed by atoms with Gasteiger partial charge in [-0.25, -0.2) is 4.79 Å². The third-order valence-electron chi connectivity index (χ3n) is 5.44. The maximum atomic E-state index is 10.8. The van der Waals surface area contributed by atoms with E-state index in [2.05, 4.69) is 73.4 Å². The molecule has 154 valence electrons. The van der Waals surface area contributed by atoms with Gasteiger partial charge in [0.05, 0.1) is 0 Å². The minimum absolute atomic E-state index is 0.857. The number of fused-ring (bicyclic) bond motifs is 1. The molecule has 4 aromatic rings. The Bertz CT molecular complexity index is 1260. The molecule has 0 saturated heterocycles. The standard InChI is InChI=1S/C28H25NO2/c1-3-24(22-9-6-7-19(2)17-22)28(26-18-23-8-4-5-10-25(23)29-26)21-14-11-20(12-15-21)13-16-27(30)31/h4-18,29H,3H2,1-2H3,(H,30,31)/b16-13+,28-24+. The second-order valence-corrected chi connectivity index (χ2v) is 7.64. The highest BCUT2D eigenvalue weighted by molar-refractivity contribution is 6.00. The predicted molar refractivity (Wildman–Crippen MR) is 129 cm³/mol. The zero-order valence-electron chi connectivity index (χ0n) is 17.7. The molecule has 3 heteroatoms. The van der Waals surface area contributed by atoms with E-state index in [4.69, 9.17) is 5.11 Å². The lowest BCUT2D eigenvalue weighted by atomic mass is 9.90. The van der Waals surface area contributed by atoms with Crippen molar-refractivity contribution in [3.05, 3.63) is 113 Å². The first kappa shape index (κ1) is 20.4. The number of aromatic nitrogens is 1. The Labute approximate surface area is 182 Å². The topological polar surface area (TPSA) is 53.1 Å². The number of aliphatic carboxylic acids is 1. The van der Waals surface area contributed by atoms with Gasteiger partial charge in [0.1, 0.15) is 0 Å². The van der Waals surface area contributed by atoms with Crippen LogP contribution in [0.2, 0.25) is 0 Å². The molecule has 31 heavy (non-hydrogen) atoms. The van der Waals surface area contributed by atoms with Crippen LogP contribution in [0.25, 0.3) is 28.1 Å². The molecule has 0 aliphatic carbocycles. The molecule has 0 spiro atoms. The van der Waals surface area contributed by atoms with Crippen LogP contribution in [-0.2, 0) is 4.79 Å². The number of para-hydroxylation sites is 1. The summed E-state index contributed by atoms with van der Waals surface area (Å²) in [7, 11) is 0. The van der Waals surface area contributed by atoms with E-state index in [0.29, 0.717) is 0 Å². The number of nitrogens with one attached hydrogen (secondary N) is 1. The highest BCUT2D eigenvalue weighted by Crippen LogP contribution is 2.35. The van der Waals surface area contributed by atoms with E-state index in [1.165, 1.54) is 22.1 Å². The maximum absolute atomic E-state index is 10.8. The minimum atomic E-state index is -0.949. The molecule has 0 bridgehead atoms. The molecule has 1 aromatic heterocycles. The molecule has 4 rings (SSSR count). The smallest absolute Gasteiger partial charge is 0.328 e. The fourth-order valence-electron chi connectivity index (χ4n) is 3.99. The van der Waals surface area contributed by atoms with Crippen molar-refractivity contribution in [2.24, 2.45) is 0 Å². The summed E-state index contributed by atoms with van der Waals surface area (Å²) < 4.78 is 0. The van der Waals surface area contributed by atoms with Crippen LogP contribution in [0.1, 0.15) is 41.3 Å². The third-order valence-corrected chi connectivity index (χ3v) is 5.44. The first-order valence-corrected chi connectivity index (χ1v) is 10.4. The SMILES string of the molecule is CC/C(=C(/c1ccc(/C=C/C(=O)O)cc1)c1cc2ccccc2[nH]1)c1cccc(C)c1. The second kappa shape index (κ2) is 8.88. The first-order chi connectivity index (χ1) is 15.0. The third kappa shape index (κ3) is 4.51. The van der Waals surface area contributed by atoms with Gasteiger partial charge < -0.3 is 10.1 Å². The van der Waals surface area contributed by atoms with Crippen LogP contribution in [0.4, 0.5) is 0 Å². The number of carbonyl (C=O) groups is 1. The monoisotopic (exact) mass is 407 g/mol. The van der Waals surface area contributed by atoms with Gasteiger partial charge in [-0.2, -0.15) is 0 Å². The number of carboxylic acid groups (broad SMARTS) is 1. The van der Waals surface area contributed by atoms with Crippen LogP contribution in [0.5, 0.6) is 0 Å². The molecular formula is C28H25NO2. The summed E-state index contributed by atoms with van der Waals surface area (Å²) in [6.45, 7) is 4.30. The fraction of sp³-hybridized carbons (Fsp3) is 0.107. The summed E-state index contributed by atoms with van der Waals surface area (Å²) in [5.74, 6) is -0.949. The Kier molecular flexibility index (Phi) is 5.85. The van der Waals surface area contributed by atoms with Gasteiger partial charge in [0.15, 0.2) is 0 Å². The molecule has 2 N–H and O–H groups in total. The van der Waals surface area contributed by atoms with Gasteiger partial charge in [0.25, 0.3) is 0 Å². The van der Waals surface area contributed by atoms with Crippen molar-refractivity contribution in [1.29, 1.82) is 0 Å². The average molecular weight is 408 g/mol. The normalized spacial score (nSPS) is 12.3. The first-order valence-electron chi connectivity index (χ1n) is 10.4. The summed E-state index contributed by atoms with van der Waals surface area (Å²) in [6, 6.07) is 27.2. The van der Waals surface area contributed by atoms with Gasteiger partial charge in [-0.3, -0.25) is 0 Å². The number of hydrogen-bond donors (Lipinski definition) is 2. The number of aromatic amines is 1. The predicted octanol–water partition coefficient (Wildman–Crippen LogP) is 6.94. The minimum Gasteiger partial charge on any atom is -0.478 e. The largest absolute Gasteiger partial charge is 0.478 e.